The lowest BCUT2D eigenvalue weighted by Crippen LogP contribution is -2.43. The van der Waals surface area contributed by atoms with Gasteiger partial charge >= 0.3 is 0 Å². The van der Waals surface area contributed by atoms with Crippen molar-refractivity contribution < 1.29 is 14.0 Å². The van der Waals surface area contributed by atoms with E-state index in [1.807, 2.05) is 0 Å². The highest BCUT2D eigenvalue weighted by atomic mass is 19.1. The minimum absolute atomic E-state index is 0.0123. The van der Waals surface area contributed by atoms with Crippen molar-refractivity contribution in [3.8, 4) is 0 Å². The fourth-order valence-electron chi connectivity index (χ4n) is 2.66. The average molecular weight is 368 g/mol. The summed E-state index contributed by atoms with van der Waals surface area (Å²) in [7, 11) is 0. The van der Waals surface area contributed by atoms with Gasteiger partial charge in [-0.3, -0.25) is 25.2 Å². The van der Waals surface area contributed by atoms with Crippen LogP contribution in [0.4, 0.5) is 4.39 Å². The highest BCUT2D eigenvalue weighted by Gasteiger charge is 2.17. The number of carbonyl (C=O) groups is 2. The highest BCUT2D eigenvalue weighted by Crippen LogP contribution is 2.13. The Kier molecular flexibility index (Phi) is 5.25. The molecule has 2 amide bonds. The summed E-state index contributed by atoms with van der Waals surface area (Å²) < 4.78 is 14.8. The monoisotopic (exact) mass is 368 g/mol. The van der Waals surface area contributed by atoms with Crippen LogP contribution < -0.4 is 16.4 Å². The molecule has 8 heteroatoms. The van der Waals surface area contributed by atoms with Gasteiger partial charge in [0.1, 0.15) is 5.82 Å². The first kappa shape index (κ1) is 18.2. The number of hydrogen-bond donors (Lipinski definition) is 2. The Morgan fingerprint density at radius 2 is 1.70 bits per heavy atom. The van der Waals surface area contributed by atoms with Gasteiger partial charge in [-0.25, -0.2) is 9.07 Å². The van der Waals surface area contributed by atoms with Crippen LogP contribution >= 0.6 is 0 Å². The van der Waals surface area contributed by atoms with E-state index >= 15 is 0 Å². The van der Waals surface area contributed by atoms with E-state index in [0.717, 1.165) is 0 Å². The quantitative estimate of drug-likeness (QED) is 0.684. The smallest absolute Gasteiger partial charge is 0.273 e. The molecule has 0 aliphatic heterocycles. The summed E-state index contributed by atoms with van der Waals surface area (Å²) in [4.78, 5) is 36.8. The molecule has 0 saturated heterocycles. The van der Waals surface area contributed by atoms with Crippen molar-refractivity contribution >= 4 is 22.6 Å². The van der Waals surface area contributed by atoms with Crippen LogP contribution in [0.15, 0.2) is 53.3 Å². The molecule has 0 fully saturated rings. The fourth-order valence-corrected chi connectivity index (χ4v) is 2.66. The number of aromatic nitrogens is 2. The SMILES string of the molecule is CCn1nc(C(=O)NNC(=O)Cc2ccccc2F)c2ccccc2c1=O. The second-order valence-electron chi connectivity index (χ2n) is 5.79. The number of halogens is 1. The minimum Gasteiger partial charge on any atom is -0.273 e. The zero-order chi connectivity index (χ0) is 19.4. The zero-order valence-electron chi connectivity index (χ0n) is 14.5. The molecule has 1 heterocycles. The maximum Gasteiger partial charge on any atom is 0.290 e. The first-order valence-electron chi connectivity index (χ1n) is 8.33. The normalized spacial score (nSPS) is 10.6. The first-order valence-corrected chi connectivity index (χ1v) is 8.33. The maximum absolute atomic E-state index is 13.6. The number of benzene rings is 2. The Balaban J connectivity index is 1.79. The second-order valence-corrected chi connectivity index (χ2v) is 5.79. The molecule has 0 atom stereocenters. The van der Waals surface area contributed by atoms with E-state index in [1.54, 1.807) is 37.3 Å². The summed E-state index contributed by atoms with van der Waals surface area (Å²) in [6.45, 7) is 2.03. The molecular weight excluding hydrogens is 351 g/mol. The molecule has 0 aliphatic rings. The number of rotatable bonds is 4. The number of hydrogen-bond acceptors (Lipinski definition) is 4. The molecule has 1 aromatic heterocycles. The summed E-state index contributed by atoms with van der Waals surface area (Å²) in [6, 6.07) is 12.5. The summed E-state index contributed by atoms with van der Waals surface area (Å²) in [5, 5.41) is 4.82. The second kappa shape index (κ2) is 7.77. The standard InChI is InChI=1S/C19H17FN4O3/c1-2-24-19(27)14-9-5-4-8-13(14)17(23-24)18(26)22-21-16(25)11-12-7-3-6-10-15(12)20/h3-10H,2,11H2,1H3,(H,21,25)(H,22,26). The summed E-state index contributed by atoms with van der Waals surface area (Å²) in [5.41, 5.74) is 4.43. The molecule has 0 aliphatic carbocycles. The number of amides is 2. The third-order valence-electron chi connectivity index (χ3n) is 4.01. The van der Waals surface area contributed by atoms with Crippen LogP contribution in [0.25, 0.3) is 10.8 Å². The topological polar surface area (TPSA) is 93.1 Å². The number of nitrogens with zero attached hydrogens (tertiary/aromatic N) is 2. The number of aryl methyl sites for hydroxylation is 1. The van der Waals surface area contributed by atoms with E-state index in [2.05, 4.69) is 16.0 Å². The minimum atomic E-state index is -0.671. The van der Waals surface area contributed by atoms with Gasteiger partial charge in [-0.15, -0.1) is 0 Å². The Hall–Kier alpha value is -3.55. The van der Waals surface area contributed by atoms with Gasteiger partial charge in [0.05, 0.1) is 11.8 Å². The van der Waals surface area contributed by atoms with Crippen molar-refractivity contribution in [2.75, 3.05) is 0 Å². The number of hydrazine groups is 1. The van der Waals surface area contributed by atoms with E-state index in [9.17, 15) is 18.8 Å². The Labute approximate surface area is 153 Å². The van der Waals surface area contributed by atoms with Crippen molar-refractivity contribution in [3.05, 3.63) is 76.0 Å². The lowest BCUT2D eigenvalue weighted by atomic mass is 10.1. The lowest BCUT2D eigenvalue weighted by molar-refractivity contribution is -0.121. The van der Waals surface area contributed by atoms with Gasteiger partial charge in [-0.05, 0) is 24.6 Å². The highest BCUT2D eigenvalue weighted by molar-refractivity contribution is 6.05. The number of fused-ring (bicyclic) bond motifs is 1. The molecule has 0 bridgehead atoms. The number of nitrogens with one attached hydrogen (secondary N) is 2. The van der Waals surface area contributed by atoms with Gasteiger partial charge in [0.25, 0.3) is 11.5 Å². The van der Waals surface area contributed by atoms with Gasteiger partial charge in [0.15, 0.2) is 5.69 Å². The van der Waals surface area contributed by atoms with Gasteiger partial charge in [0.2, 0.25) is 5.91 Å². The fraction of sp³-hybridized carbons (Fsp3) is 0.158. The van der Waals surface area contributed by atoms with E-state index in [4.69, 9.17) is 0 Å². The molecule has 138 valence electrons. The Morgan fingerprint density at radius 3 is 2.41 bits per heavy atom. The van der Waals surface area contributed by atoms with E-state index in [1.165, 1.54) is 22.9 Å². The lowest BCUT2D eigenvalue weighted by Gasteiger charge is -2.11. The van der Waals surface area contributed by atoms with Crippen LogP contribution in [0.3, 0.4) is 0 Å². The molecular formula is C19H17FN4O3. The molecule has 2 N–H and O–H groups in total. The van der Waals surface area contributed by atoms with Crippen molar-refractivity contribution in [2.24, 2.45) is 0 Å². The van der Waals surface area contributed by atoms with Crippen LogP contribution in [-0.2, 0) is 17.8 Å². The van der Waals surface area contributed by atoms with E-state index < -0.39 is 17.6 Å². The zero-order valence-corrected chi connectivity index (χ0v) is 14.5. The van der Waals surface area contributed by atoms with Gasteiger partial charge in [0, 0.05) is 11.9 Å². The molecule has 2 aromatic carbocycles. The Morgan fingerprint density at radius 1 is 1.04 bits per heavy atom. The van der Waals surface area contributed by atoms with E-state index in [-0.39, 0.29) is 23.2 Å². The summed E-state index contributed by atoms with van der Waals surface area (Å²) in [5.74, 6) is -1.75. The van der Waals surface area contributed by atoms with Crippen LogP contribution in [0.5, 0.6) is 0 Å². The molecule has 0 saturated carbocycles. The predicted molar refractivity (Wildman–Crippen MR) is 97.4 cm³/mol. The van der Waals surface area contributed by atoms with Crippen LogP contribution in [0, 0.1) is 5.82 Å². The molecule has 0 spiro atoms. The summed E-state index contributed by atoms with van der Waals surface area (Å²) >= 11 is 0. The van der Waals surface area contributed by atoms with Crippen molar-refractivity contribution in [1.29, 1.82) is 0 Å². The predicted octanol–water partition coefficient (Wildman–Crippen LogP) is 1.56. The third-order valence-corrected chi connectivity index (χ3v) is 4.01. The van der Waals surface area contributed by atoms with Gasteiger partial charge < -0.3 is 0 Å². The molecule has 27 heavy (non-hydrogen) atoms. The third kappa shape index (κ3) is 3.84. The van der Waals surface area contributed by atoms with Crippen molar-refractivity contribution in [3.63, 3.8) is 0 Å². The maximum atomic E-state index is 13.6. The molecule has 3 rings (SSSR count). The molecule has 3 aromatic rings. The van der Waals surface area contributed by atoms with Crippen molar-refractivity contribution in [2.45, 2.75) is 19.9 Å². The van der Waals surface area contributed by atoms with Crippen molar-refractivity contribution in [1.82, 2.24) is 20.6 Å². The van der Waals surface area contributed by atoms with Crippen LogP contribution in [0.1, 0.15) is 23.0 Å². The van der Waals surface area contributed by atoms with Crippen LogP contribution in [0.2, 0.25) is 0 Å². The van der Waals surface area contributed by atoms with E-state index in [0.29, 0.717) is 17.3 Å². The molecule has 7 nitrogen and oxygen atoms in total. The van der Waals surface area contributed by atoms with Gasteiger partial charge in [-0.2, -0.15) is 5.10 Å². The first-order chi connectivity index (χ1) is 13.0. The van der Waals surface area contributed by atoms with Crippen LogP contribution in [-0.4, -0.2) is 21.6 Å². The van der Waals surface area contributed by atoms with Gasteiger partial charge in [-0.1, -0.05) is 36.4 Å². The average Bonchev–Trinajstić information content (AvgIpc) is 2.68. The summed E-state index contributed by atoms with van der Waals surface area (Å²) in [6.07, 6.45) is -0.227. The molecule has 0 radical (unpaired) electrons. The largest absolute Gasteiger partial charge is 0.290 e. The Bertz CT molecular complexity index is 1080. The molecule has 0 unspecified atom stereocenters. The number of carbonyl (C=O) groups excluding carboxylic acids is 2.